The first-order valence-electron chi connectivity index (χ1n) is 19.8. The predicted molar refractivity (Wildman–Crippen MR) is 194 cm³/mol. The highest BCUT2D eigenvalue weighted by Crippen LogP contribution is 2.26. The summed E-state index contributed by atoms with van der Waals surface area (Å²) in [4.78, 5) is 41.7. The van der Waals surface area contributed by atoms with Gasteiger partial charge >= 0.3 is 7.82 Å². The molecule has 0 saturated heterocycles. The molecule has 2 rings (SSSR count). The van der Waals surface area contributed by atoms with Gasteiger partial charge < -0.3 is 24.5 Å². The standard InChI is InChI=1S/2C18H34O6.H3O4P/c2*1-3-5-6-7-8-9-11-14-17(4-2)19-21-23-24-22-20-18-15-12-10-13-16-18;1-5(2,3)4/h2*4,18H,3,5-16H2,1-2H3;(H3,1,2,3,4). The Morgan fingerprint density at radius 2 is 0.792 bits per heavy atom. The third-order valence-corrected chi connectivity index (χ3v) is 8.60. The van der Waals surface area contributed by atoms with E-state index in [1.54, 1.807) is 0 Å². The van der Waals surface area contributed by atoms with Crippen LogP contribution in [0.25, 0.3) is 0 Å². The Hall–Kier alpha value is -1.21. The van der Waals surface area contributed by atoms with Crippen LogP contribution in [0.5, 0.6) is 0 Å². The summed E-state index contributed by atoms with van der Waals surface area (Å²) in [6.07, 6.45) is 34.0. The second-order valence-electron chi connectivity index (χ2n) is 13.2. The Morgan fingerprint density at radius 1 is 0.491 bits per heavy atom. The average Bonchev–Trinajstić information content (AvgIpc) is 3.15. The number of phosphoric acid groups is 1. The number of allylic oxidation sites excluding steroid dienone is 4. The molecule has 0 unspecified atom stereocenters. The number of unbranched alkanes of at least 4 members (excludes halogenated alkanes) is 12. The zero-order chi connectivity index (χ0) is 39.1. The summed E-state index contributed by atoms with van der Waals surface area (Å²) < 4.78 is 8.88. The maximum atomic E-state index is 8.88. The minimum Gasteiger partial charge on any atom is -0.311 e. The molecule has 17 heteroatoms. The van der Waals surface area contributed by atoms with Gasteiger partial charge in [0.25, 0.3) is 0 Å². The highest BCUT2D eigenvalue weighted by molar-refractivity contribution is 7.45. The lowest BCUT2D eigenvalue weighted by molar-refractivity contribution is -0.756. The van der Waals surface area contributed by atoms with Crippen molar-refractivity contribution in [3.8, 4) is 0 Å². The van der Waals surface area contributed by atoms with Crippen LogP contribution in [-0.2, 0) is 64.4 Å². The summed E-state index contributed by atoms with van der Waals surface area (Å²) in [6, 6.07) is 0. The molecular weight excluding hydrogens is 719 g/mol. The Morgan fingerprint density at radius 3 is 1.11 bits per heavy atom. The summed E-state index contributed by atoms with van der Waals surface area (Å²) in [6.45, 7) is 8.25. The molecule has 0 heterocycles. The van der Waals surface area contributed by atoms with Crippen LogP contribution in [0.2, 0.25) is 0 Å². The van der Waals surface area contributed by atoms with Gasteiger partial charge in [0, 0.05) is 33.0 Å². The molecule has 2 fully saturated rings. The summed E-state index contributed by atoms with van der Waals surface area (Å²) >= 11 is 0. The van der Waals surface area contributed by atoms with Crippen molar-refractivity contribution >= 4 is 7.82 Å². The van der Waals surface area contributed by atoms with E-state index in [2.05, 4.69) is 54.2 Å². The zero-order valence-electron chi connectivity index (χ0n) is 32.8. The van der Waals surface area contributed by atoms with Crippen LogP contribution in [0.1, 0.15) is 195 Å². The van der Waals surface area contributed by atoms with Crippen LogP contribution in [0, 0.1) is 0 Å². The Balaban J connectivity index is 0.000000904. The lowest BCUT2D eigenvalue weighted by Crippen LogP contribution is -2.17. The van der Waals surface area contributed by atoms with E-state index >= 15 is 0 Å². The molecule has 0 spiro atoms. The Kier molecular flexibility index (Phi) is 38.1. The van der Waals surface area contributed by atoms with Crippen molar-refractivity contribution in [2.45, 2.75) is 207 Å². The lowest BCUT2D eigenvalue weighted by atomic mass is 9.98. The van der Waals surface area contributed by atoms with Crippen molar-refractivity contribution in [2.24, 2.45) is 0 Å². The van der Waals surface area contributed by atoms with Crippen molar-refractivity contribution in [2.75, 3.05) is 0 Å². The SMILES string of the molecule is CC=C(CCCCCCCCC)OOOOOOC1CCCCC1.CC=C(CCCCCCCCC)OOOOOOC1CCCCC1.O=P(O)(O)O. The van der Waals surface area contributed by atoms with Crippen molar-refractivity contribution in [3.05, 3.63) is 23.7 Å². The summed E-state index contributed by atoms with van der Waals surface area (Å²) in [5.41, 5.74) is 0. The van der Waals surface area contributed by atoms with E-state index in [1.807, 2.05) is 26.0 Å². The fourth-order valence-corrected chi connectivity index (χ4v) is 5.61. The van der Waals surface area contributed by atoms with Gasteiger partial charge in [-0.05, 0) is 84.7 Å². The number of hydrogen-bond donors (Lipinski definition) is 3. The van der Waals surface area contributed by atoms with Crippen LogP contribution in [0.15, 0.2) is 23.7 Å². The lowest BCUT2D eigenvalue weighted by Gasteiger charge is -2.18. The molecule has 2 aliphatic carbocycles. The highest BCUT2D eigenvalue weighted by atomic mass is 31.2. The second-order valence-corrected chi connectivity index (χ2v) is 14.2. The quantitative estimate of drug-likeness (QED) is 0.0205. The van der Waals surface area contributed by atoms with Crippen molar-refractivity contribution in [1.29, 1.82) is 0 Å². The maximum absolute atomic E-state index is 8.88. The van der Waals surface area contributed by atoms with Gasteiger partial charge in [-0.15, -0.1) is 0 Å². The van der Waals surface area contributed by atoms with E-state index in [0.717, 1.165) is 77.0 Å². The molecule has 316 valence electrons. The van der Waals surface area contributed by atoms with E-state index in [4.69, 9.17) is 38.8 Å². The van der Waals surface area contributed by atoms with Crippen LogP contribution in [-0.4, -0.2) is 26.9 Å². The second kappa shape index (κ2) is 39.0. The molecule has 3 N–H and O–H groups in total. The molecule has 0 aliphatic heterocycles. The number of hydrogen-bond acceptors (Lipinski definition) is 13. The maximum Gasteiger partial charge on any atom is 0.466 e. The molecule has 0 radical (unpaired) electrons. The van der Waals surface area contributed by atoms with Crippen LogP contribution in [0.4, 0.5) is 0 Å². The molecule has 0 aromatic heterocycles. The van der Waals surface area contributed by atoms with Crippen molar-refractivity contribution in [3.63, 3.8) is 0 Å². The largest absolute Gasteiger partial charge is 0.466 e. The normalized spacial score (nSPS) is 16.1. The van der Waals surface area contributed by atoms with Gasteiger partial charge in [-0.3, -0.25) is 0 Å². The highest BCUT2D eigenvalue weighted by Gasteiger charge is 2.16. The molecule has 0 atom stereocenters. The summed E-state index contributed by atoms with van der Waals surface area (Å²) in [5.74, 6) is 1.42. The van der Waals surface area contributed by atoms with Gasteiger partial charge in [-0.1, -0.05) is 129 Å². The molecule has 0 aromatic rings. The van der Waals surface area contributed by atoms with E-state index < -0.39 is 7.82 Å². The topological polar surface area (TPSA) is 189 Å². The smallest absolute Gasteiger partial charge is 0.311 e. The third-order valence-electron chi connectivity index (χ3n) is 8.60. The zero-order valence-corrected chi connectivity index (χ0v) is 33.7. The molecule has 16 nitrogen and oxygen atoms in total. The van der Waals surface area contributed by atoms with Crippen molar-refractivity contribution in [1.82, 2.24) is 0 Å². The van der Waals surface area contributed by atoms with Crippen LogP contribution >= 0.6 is 7.82 Å². The van der Waals surface area contributed by atoms with Gasteiger partial charge in [0.15, 0.2) is 0 Å². The van der Waals surface area contributed by atoms with Gasteiger partial charge in [0.2, 0.25) is 0 Å². The third kappa shape index (κ3) is 40.3. The van der Waals surface area contributed by atoms with E-state index in [-0.39, 0.29) is 12.2 Å². The molecule has 2 aliphatic rings. The fraction of sp³-hybridized carbons (Fsp3) is 0.889. The Labute approximate surface area is 317 Å². The monoisotopic (exact) mass is 790 g/mol. The first kappa shape index (κ1) is 51.8. The first-order valence-corrected chi connectivity index (χ1v) is 21.4. The average molecular weight is 791 g/mol. The summed E-state index contributed by atoms with van der Waals surface area (Å²) in [7, 11) is -4.64. The first-order chi connectivity index (χ1) is 25.7. The molecule has 0 amide bonds. The van der Waals surface area contributed by atoms with Crippen LogP contribution < -0.4 is 0 Å². The van der Waals surface area contributed by atoms with Gasteiger partial charge in [-0.25, -0.2) is 14.3 Å². The minimum atomic E-state index is -4.64. The molecule has 0 bridgehead atoms. The molecule has 53 heavy (non-hydrogen) atoms. The predicted octanol–water partition coefficient (Wildman–Crippen LogP) is 11.1. The van der Waals surface area contributed by atoms with Gasteiger partial charge in [0.1, 0.15) is 11.5 Å². The van der Waals surface area contributed by atoms with Crippen LogP contribution in [0.3, 0.4) is 0 Å². The van der Waals surface area contributed by atoms with Crippen molar-refractivity contribution < 1.29 is 79.1 Å². The van der Waals surface area contributed by atoms with E-state index in [9.17, 15) is 0 Å². The fourth-order valence-electron chi connectivity index (χ4n) is 5.61. The summed E-state index contributed by atoms with van der Waals surface area (Å²) in [5, 5.41) is 35.2. The van der Waals surface area contributed by atoms with Gasteiger partial charge in [-0.2, -0.15) is 0 Å². The van der Waals surface area contributed by atoms with E-state index in [0.29, 0.717) is 11.5 Å². The molecular formula is C36H71O16P. The molecule has 2 saturated carbocycles. The molecule has 0 aromatic carbocycles. The number of rotatable bonds is 30. The van der Waals surface area contributed by atoms with E-state index in [1.165, 1.54) is 89.9 Å². The van der Waals surface area contributed by atoms with Gasteiger partial charge in [0.05, 0.1) is 12.2 Å². The Bertz CT molecular complexity index is 807. The minimum absolute atomic E-state index is 0.0618.